The number of para-hydroxylation sites is 2. The predicted octanol–water partition coefficient (Wildman–Crippen LogP) is 11.0. The fourth-order valence-corrected chi connectivity index (χ4v) is 6.81. The summed E-state index contributed by atoms with van der Waals surface area (Å²) in [6.07, 6.45) is 0. The van der Waals surface area contributed by atoms with E-state index in [-0.39, 0.29) is 0 Å². The van der Waals surface area contributed by atoms with E-state index in [0.29, 0.717) is 0 Å². The first-order chi connectivity index (χ1) is 21.3. The third-order valence-electron chi connectivity index (χ3n) is 8.77. The van der Waals surface area contributed by atoms with E-state index in [4.69, 9.17) is 4.98 Å². The SMILES string of the molecule is c1ccc(-n2c3ccccc3c3cc(-c4cccc(-c5ccc6c7ccccc7c7ccccc7c6c5)n4)ccc32)cc1. The molecule has 43 heavy (non-hydrogen) atoms. The molecular weight excluding hydrogens is 520 g/mol. The first-order valence-electron chi connectivity index (χ1n) is 14.7. The van der Waals surface area contributed by atoms with Gasteiger partial charge in [-0.25, -0.2) is 4.98 Å². The van der Waals surface area contributed by atoms with E-state index < -0.39 is 0 Å². The molecule has 2 aromatic heterocycles. The molecule has 7 aromatic carbocycles. The Balaban J connectivity index is 1.21. The van der Waals surface area contributed by atoms with Gasteiger partial charge in [-0.15, -0.1) is 0 Å². The Morgan fingerprint density at radius 1 is 0.326 bits per heavy atom. The molecule has 0 amide bonds. The summed E-state index contributed by atoms with van der Waals surface area (Å²) in [5.74, 6) is 0. The third-order valence-corrected chi connectivity index (χ3v) is 8.77. The van der Waals surface area contributed by atoms with Crippen LogP contribution in [0.2, 0.25) is 0 Å². The molecule has 9 aromatic rings. The van der Waals surface area contributed by atoms with Gasteiger partial charge in [-0.2, -0.15) is 0 Å². The summed E-state index contributed by atoms with van der Waals surface area (Å²) < 4.78 is 2.35. The smallest absolute Gasteiger partial charge is 0.0709 e. The lowest BCUT2D eigenvalue weighted by molar-refractivity contribution is 1.18. The second kappa shape index (κ2) is 9.40. The van der Waals surface area contributed by atoms with E-state index in [0.717, 1.165) is 28.2 Å². The Morgan fingerprint density at radius 2 is 0.814 bits per heavy atom. The summed E-state index contributed by atoms with van der Waals surface area (Å²) in [7, 11) is 0. The van der Waals surface area contributed by atoms with Crippen molar-refractivity contribution < 1.29 is 0 Å². The van der Waals surface area contributed by atoms with Crippen molar-refractivity contribution in [2.45, 2.75) is 0 Å². The Hall–Kier alpha value is -5.73. The summed E-state index contributed by atoms with van der Waals surface area (Å²) in [6.45, 7) is 0. The molecular formula is C41H26N2. The minimum atomic E-state index is 0.972. The molecule has 9 rings (SSSR count). The van der Waals surface area contributed by atoms with Crippen LogP contribution >= 0.6 is 0 Å². The van der Waals surface area contributed by atoms with Crippen LogP contribution in [0.5, 0.6) is 0 Å². The topological polar surface area (TPSA) is 17.8 Å². The highest BCUT2D eigenvalue weighted by Gasteiger charge is 2.14. The minimum Gasteiger partial charge on any atom is -0.309 e. The molecule has 200 valence electrons. The Kier molecular flexibility index (Phi) is 5.23. The molecule has 2 heterocycles. The molecule has 0 spiro atoms. The maximum Gasteiger partial charge on any atom is 0.0709 e. The molecule has 0 radical (unpaired) electrons. The van der Waals surface area contributed by atoms with Crippen LogP contribution in [0.4, 0.5) is 0 Å². The zero-order chi connectivity index (χ0) is 28.3. The van der Waals surface area contributed by atoms with Crippen molar-refractivity contribution in [3.05, 3.63) is 158 Å². The second-order valence-electron chi connectivity index (χ2n) is 11.2. The molecule has 0 atom stereocenters. The lowest BCUT2D eigenvalue weighted by Gasteiger charge is -2.12. The van der Waals surface area contributed by atoms with Gasteiger partial charge in [0.05, 0.1) is 22.4 Å². The zero-order valence-corrected chi connectivity index (χ0v) is 23.4. The van der Waals surface area contributed by atoms with Crippen LogP contribution in [0, 0.1) is 0 Å². The minimum absolute atomic E-state index is 0.972. The zero-order valence-electron chi connectivity index (χ0n) is 23.4. The third kappa shape index (κ3) is 3.70. The maximum atomic E-state index is 5.21. The summed E-state index contributed by atoms with van der Waals surface area (Å²) in [5, 5.41) is 10.1. The molecule has 0 aliphatic carbocycles. The number of fused-ring (bicyclic) bond motifs is 9. The van der Waals surface area contributed by atoms with Crippen molar-refractivity contribution in [1.82, 2.24) is 9.55 Å². The first kappa shape index (κ1) is 23.9. The fraction of sp³-hybridized carbons (Fsp3) is 0. The molecule has 0 bridgehead atoms. The summed E-state index contributed by atoms with van der Waals surface area (Å²) in [4.78, 5) is 5.21. The Labute approximate surface area is 249 Å². The van der Waals surface area contributed by atoms with Crippen LogP contribution in [0.15, 0.2) is 158 Å². The highest BCUT2D eigenvalue weighted by molar-refractivity contribution is 6.25. The largest absolute Gasteiger partial charge is 0.309 e. The summed E-state index contributed by atoms with van der Waals surface area (Å²) in [5.41, 5.74) is 7.75. The molecule has 0 saturated carbocycles. The molecule has 0 aliphatic rings. The summed E-state index contributed by atoms with van der Waals surface area (Å²) in [6, 6.07) is 56.6. The fourth-order valence-electron chi connectivity index (χ4n) is 6.81. The van der Waals surface area contributed by atoms with Crippen LogP contribution in [0.1, 0.15) is 0 Å². The monoisotopic (exact) mass is 546 g/mol. The summed E-state index contributed by atoms with van der Waals surface area (Å²) >= 11 is 0. The van der Waals surface area contributed by atoms with E-state index in [1.165, 1.54) is 54.1 Å². The number of benzene rings is 7. The quantitative estimate of drug-likeness (QED) is 0.202. The van der Waals surface area contributed by atoms with Crippen LogP contribution < -0.4 is 0 Å². The first-order valence-corrected chi connectivity index (χ1v) is 14.7. The number of rotatable bonds is 3. The average molecular weight is 547 g/mol. The Bertz CT molecular complexity index is 2470. The average Bonchev–Trinajstić information content (AvgIpc) is 3.42. The van der Waals surface area contributed by atoms with Gasteiger partial charge in [-0.3, -0.25) is 0 Å². The number of hydrogen-bond donors (Lipinski definition) is 0. The van der Waals surface area contributed by atoms with Crippen molar-refractivity contribution in [1.29, 1.82) is 0 Å². The highest BCUT2D eigenvalue weighted by atomic mass is 15.0. The van der Waals surface area contributed by atoms with Gasteiger partial charge < -0.3 is 4.57 Å². The van der Waals surface area contributed by atoms with E-state index >= 15 is 0 Å². The molecule has 0 fully saturated rings. The van der Waals surface area contributed by atoms with Gasteiger partial charge in [-0.05, 0) is 80.8 Å². The van der Waals surface area contributed by atoms with Gasteiger partial charge in [0.2, 0.25) is 0 Å². The highest BCUT2D eigenvalue weighted by Crippen LogP contribution is 2.38. The molecule has 2 heteroatoms. The van der Waals surface area contributed by atoms with Gasteiger partial charge in [0.1, 0.15) is 0 Å². The molecule has 0 N–H and O–H groups in total. The molecule has 0 aliphatic heterocycles. The number of nitrogens with zero attached hydrogens (tertiary/aromatic N) is 2. The van der Waals surface area contributed by atoms with Crippen molar-refractivity contribution in [3.8, 4) is 28.2 Å². The molecule has 0 saturated heterocycles. The lowest BCUT2D eigenvalue weighted by atomic mass is 9.93. The molecule has 0 unspecified atom stereocenters. The van der Waals surface area contributed by atoms with Gasteiger partial charge in [0, 0.05) is 27.6 Å². The maximum absolute atomic E-state index is 5.21. The standard InChI is InChI=1S/C41H26N2/c1-2-11-29(12-3-1)43-40-20-9-8-17-35(40)37-26-28(22-24-41(37)43)39-19-10-18-38(42-39)27-21-23-34-32-15-5-4-13-30(32)31-14-6-7-16-33(31)36(34)25-27/h1-26H. The normalized spacial score (nSPS) is 11.7. The van der Waals surface area contributed by atoms with Gasteiger partial charge in [-0.1, -0.05) is 109 Å². The number of pyridine rings is 1. The van der Waals surface area contributed by atoms with Gasteiger partial charge in [0.25, 0.3) is 0 Å². The van der Waals surface area contributed by atoms with Crippen molar-refractivity contribution in [2.24, 2.45) is 0 Å². The van der Waals surface area contributed by atoms with E-state index in [9.17, 15) is 0 Å². The van der Waals surface area contributed by atoms with Crippen LogP contribution in [0.25, 0.3) is 82.3 Å². The Morgan fingerprint density at radius 3 is 1.49 bits per heavy atom. The number of hydrogen-bond acceptors (Lipinski definition) is 1. The van der Waals surface area contributed by atoms with E-state index in [2.05, 4.69) is 162 Å². The van der Waals surface area contributed by atoms with Crippen LogP contribution in [-0.4, -0.2) is 9.55 Å². The van der Waals surface area contributed by atoms with E-state index in [1.807, 2.05) is 0 Å². The van der Waals surface area contributed by atoms with E-state index in [1.54, 1.807) is 0 Å². The predicted molar refractivity (Wildman–Crippen MR) is 182 cm³/mol. The number of aromatic nitrogens is 2. The van der Waals surface area contributed by atoms with Crippen LogP contribution in [-0.2, 0) is 0 Å². The van der Waals surface area contributed by atoms with Crippen LogP contribution in [0.3, 0.4) is 0 Å². The van der Waals surface area contributed by atoms with Crippen molar-refractivity contribution in [2.75, 3.05) is 0 Å². The second-order valence-corrected chi connectivity index (χ2v) is 11.2. The van der Waals surface area contributed by atoms with Crippen molar-refractivity contribution in [3.63, 3.8) is 0 Å². The lowest BCUT2D eigenvalue weighted by Crippen LogP contribution is -1.93. The molecule has 2 nitrogen and oxygen atoms in total. The van der Waals surface area contributed by atoms with Crippen molar-refractivity contribution >= 4 is 54.1 Å². The van der Waals surface area contributed by atoms with Gasteiger partial charge >= 0.3 is 0 Å². The van der Waals surface area contributed by atoms with Gasteiger partial charge in [0.15, 0.2) is 0 Å².